The van der Waals surface area contributed by atoms with E-state index in [-0.39, 0.29) is 5.69 Å². The van der Waals surface area contributed by atoms with Gasteiger partial charge in [-0.1, -0.05) is 31.0 Å². The van der Waals surface area contributed by atoms with E-state index in [1.54, 1.807) is 12.1 Å². The number of hydrogen-bond donors (Lipinski definition) is 1. The Bertz CT molecular complexity index is 585. The van der Waals surface area contributed by atoms with Gasteiger partial charge in [0, 0.05) is 24.4 Å². The molecule has 0 saturated heterocycles. The van der Waals surface area contributed by atoms with Crippen LogP contribution in [0.25, 0.3) is 0 Å². The lowest BCUT2D eigenvalue weighted by Gasteiger charge is -2.07. The first kappa shape index (κ1) is 16.8. The highest BCUT2D eigenvalue weighted by Gasteiger charge is 2.03. The molecule has 122 valence electrons. The molecule has 5 nitrogen and oxygen atoms in total. The zero-order chi connectivity index (χ0) is 16.3. The van der Waals surface area contributed by atoms with Gasteiger partial charge in [0.25, 0.3) is 5.69 Å². The van der Waals surface area contributed by atoms with Crippen molar-refractivity contribution in [3.8, 4) is 5.75 Å². The Labute approximate surface area is 136 Å². The number of unbranched alkanes of at least 4 members (excludes halogenated alkanes) is 3. The van der Waals surface area contributed by atoms with Gasteiger partial charge < -0.3 is 10.1 Å². The third-order valence-electron chi connectivity index (χ3n) is 3.49. The van der Waals surface area contributed by atoms with Crippen LogP contribution in [-0.2, 0) is 0 Å². The van der Waals surface area contributed by atoms with E-state index < -0.39 is 4.92 Å². The van der Waals surface area contributed by atoms with E-state index in [1.165, 1.54) is 12.1 Å². The lowest BCUT2D eigenvalue weighted by atomic mass is 10.2. The average molecular weight is 314 g/mol. The lowest BCUT2D eigenvalue weighted by Crippen LogP contribution is -2.02. The minimum Gasteiger partial charge on any atom is -0.494 e. The Morgan fingerprint density at radius 1 is 0.913 bits per heavy atom. The van der Waals surface area contributed by atoms with Gasteiger partial charge in [0.05, 0.1) is 11.5 Å². The maximum Gasteiger partial charge on any atom is 0.269 e. The highest BCUT2D eigenvalue weighted by Crippen LogP contribution is 2.17. The van der Waals surface area contributed by atoms with Gasteiger partial charge in [0.2, 0.25) is 0 Å². The summed E-state index contributed by atoms with van der Waals surface area (Å²) in [5, 5.41) is 13.9. The summed E-state index contributed by atoms with van der Waals surface area (Å²) in [6.45, 7) is 1.62. The molecule has 2 aromatic rings. The summed E-state index contributed by atoms with van der Waals surface area (Å²) >= 11 is 0. The van der Waals surface area contributed by atoms with Crippen LogP contribution in [0.15, 0.2) is 54.6 Å². The third kappa shape index (κ3) is 6.38. The van der Waals surface area contributed by atoms with Crippen molar-refractivity contribution >= 4 is 11.4 Å². The van der Waals surface area contributed by atoms with Crippen molar-refractivity contribution in [1.82, 2.24) is 0 Å². The minimum atomic E-state index is -0.409. The minimum absolute atomic E-state index is 0.0864. The predicted molar refractivity (Wildman–Crippen MR) is 92.0 cm³/mol. The number of nitro groups is 1. The molecule has 0 radical (unpaired) electrons. The van der Waals surface area contributed by atoms with Crippen LogP contribution >= 0.6 is 0 Å². The molecule has 0 amide bonds. The van der Waals surface area contributed by atoms with Gasteiger partial charge >= 0.3 is 0 Å². The van der Waals surface area contributed by atoms with E-state index in [2.05, 4.69) is 17.4 Å². The number of ether oxygens (including phenoxy) is 1. The first-order valence-electron chi connectivity index (χ1n) is 7.92. The van der Waals surface area contributed by atoms with E-state index in [0.29, 0.717) is 12.4 Å². The predicted octanol–water partition coefficient (Wildman–Crippen LogP) is 4.65. The molecule has 0 aromatic heterocycles. The molecule has 0 heterocycles. The summed E-state index contributed by atoms with van der Waals surface area (Å²) in [5.74, 6) is 0.682. The topological polar surface area (TPSA) is 64.4 Å². The van der Waals surface area contributed by atoms with E-state index in [0.717, 1.165) is 37.9 Å². The molecule has 0 saturated carbocycles. The van der Waals surface area contributed by atoms with E-state index in [4.69, 9.17) is 4.74 Å². The highest BCUT2D eigenvalue weighted by atomic mass is 16.6. The van der Waals surface area contributed by atoms with Crippen LogP contribution in [-0.4, -0.2) is 18.1 Å². The van der Waals surface area contributed by atoms with Crippen LogP contribution in [0.5, 0.6) is 5.75 Å². The maximum atomic E-state index is 10.5. The lowest BCUT2D eigenvalue weighted by molar-refractivity contribution is -0.384. The molecule has 0 bridgehead atoms. The molecular formula is C18H22N2O3. The van der Waals surface area contributed by atoms with E-state index in [9.17, 15) is 10.1 Å². The van der Waals surface area contributed by atoms with Gasteiger partial charge in [-0.2, -0.15) is 0 Å². The van der Waals surface area contributed by atoms with Crippen LogP contribution in [0, 0.1) is 10.1 Å². The van der Waals surface area contributed by atoms with Crippen LogP contribution < -0.4 is 10.1 Å². The first-order valence-corrected chi connectivity index (χ1v) is 7.92. The van der Waals surface area contributed by atoms with Crippen molar-refractivity contribution in [2.45, 2.75) is 25.7 Å². The number of anilines is 1. The second-order valence-electron chi connectivity index (χ2n) is 5.31. The molecule has 2 rings (SSSR count). The summed E-state index contributed by atoms with van der Waals surface area (Å²) in [7, 11) is 0. The van der Waals surface area contributed by atoms with Gasteiger partial charge in [-0.25, -0.2) is 0 Å². The molecule has 0 atom stereocenters. The van der Waals surface area contributed by atoms with Gasteiger partial charge in [-0.05, 0) is 37.1 Å². The molecule has 0 fully saturated rings. The van der Waals surface area contributed by atoms with Crippen molar-refractivity contribution in [3.63, 3.8) is 0 Å². The maximum absolute atomic E-state index is 10.5. The van der Waals surface area contributed by atoms with Crippen molar-refractivity contribution in [3.05, 3.63) is 64.7 Å². The summed E-state index contributed by atoms with van der Waals surface area (Å²) in [6.07, 6.45) is 4.39. The number of non-ortho nitro benzene ring substituents is 1. The van der Waals surface area contributed by atoms with Crippen LogP contribution in [0.4, 0.5) is 11.4 Å². The summed E-state index contributed by atoms with van der Waals surface area (Å²) in [4.78, 5) is 10.1. The monoisotopic (exact) mass is 314 g/mol. The molecule has 0 unspecified atom stereocenters. The fourth-order valence-electron chi connectivity index (χ4n) is 2.22. The normalized spacial score (nSPS) is 10.3. The zero-order valence-corrected chi connectivity index (χ0v) is 13.1. The van der Waals surface area contributed by atoms with Gasteiger partial charge in [-0.15, -0.1) is 0 Å². The summed E-state index contributed by atoms with van der Waals surface area (Å²) < 4.78 is 5.58. The second-order valence-corrected chi connectivity index (χ2v) is 5.31. The summed E-state index contributed by atoms with van der Waals surface area (Å²) in [6, 6.07) is 16.4. The van der Waals surface area contributed by atoms with Crippen molar-refractivity contribution in [2.75, 3.05) is 18.5 Å². The Balaban J connectivity index is 1.50. The Hall–Kier alpha value is -2.56. The molecular weight excluding hydrogens is 292 g/mol. The highest BCUT2D eigenvalue weighted by molar-refractivity contribution is 5.42. The van der Waals surface area contributed by atoms with Crippen molar-refractivity contribution < 1.29 is 9.66 Å². The molecule has 0 aliphatic heterocycles. The van der Waals surface area contributed by atoms with Crippen LogP contribution in [0.2, 0.25) is 0 Å². The molecule has 0 spiro atoms. The van der Waals surface area contributed by atoms with Crippen molar-refractivity contribution in [1.29, 1.82) is 0 Å². The van der Waals surface area contributed by atoms with Gasteiger partial charge in [0.1, 0.15) is 5.75 Å². The number of para-hydroxylation sites is 1. The number of rotatable bonds is 10. The molecule has 5 heteroatoms. The number of hydrogen-bond acceptors (Lipinski definition) is 4. The number of nitrogens with zero attached hydrogens (tertiary/aromatic N) is 1. The zero-order valence-electron chi connectivity index (χ0n) is 13.1. The molecule has 0 aliphatic carbocycles. The second kappa shape index (κ2) is 9.46. The summed E-state index contributed by atoms with van der Waals surface area (Å²) in [5.41, 5.74) is 1.25. The van der Waals surface area contributed by atoms with Crippen molar-refractivity contribution in [2.24, 2.45) is 0 Å². The largest absolute Gasteiger partial charge is 0.494 e. The average Bonchev–Trinajstić information content (AvgIpc) is 2.58. The number of benzene rings is 2. The number of nitro benzene ring substituents is 1. The van der Waals surface area contributed by atoms with Gasteiger partial charge in [-0.3, -0.25) is 10.1 Å². The first-order chi connectivity index (χ1) is 11.3. The van der Waals surface area contributed by atoms with Crippen LogP contribution in [0.1, 0.15) is 25.7 Å². The smallest absolute Gasteiger partial charge is 0.269 e. The quantitative estimate of drug-likeness (QED) is 0.394. The fourth-order valence-corrected chi connectivity index (χ4v) is 2.22. The van der Waals surface area contributed by atoms with Gasteiger partial charge in [0.15, 0.2) is 0 Å². The van der Waals surface area contributed by atoms with Crippen LogP contribution in [0.3, 0.4) is 0 Å². The number of nitrogens with one attached hydrogen (secondary N) is 1. The fraction of sp³-hybridized carbons (Fsp3) is 0.333. The molecule has 0 aliphatic rings. The van der Waals surface area contributed by atoms with E-state index >= 15 is 0 Å². The van der Waals surface area contributed by atoms with E-state index in [1.807, 2.05) is 18.2 Å². The Kier molecular flexibility index (Phi) is 6.91. The third-order valence-corrected chi connectivity index (χ3v) is 3.49. The standard InChI is InChI=1S/C18H22N2O3/c21-20(22)17-10-12-18(13-11-17)23-15-7-2-1-6-14-19-16-8-4-3-5-9-16/h3-5,8-13,19H,1-2,6-7,14-15H2. The SMILES string of the molecule is O=[N+]([O-])c1ccc(OCCCCCCNc2ccccc2)cc1. The Morgan fingerprint density at radius 3 is 2.30 bits per heavy atom. The molecule has 2 aromatic carbocycles. The molecule has 1 N–H and O–H groups in total. The Morgan fingerprint density at radius 2 is 1.61 bits per heavy atom. The molecule has 23 heavy (non-hydrogen) atoms.